The van der Waals surface area contributed by atoms with Crippen molar-refractivity contribution >= 4 is 57.8 Å². The van der Waals surface area contributed by atoms with E-state index in [0.717, 1.165) is 17.7 Å². The molecule has 4 nitrogen and oxygen atoms in total. The SMILES string of the molecule is CC[C@H](C)Oc1ccc(/C=C2\SC(=Nc3ccc(Cl)cc3)NC2=O)cc1Cl. The highest BCUT2D eigenvalue weighted by atomic mass is 35.5. The largest absolute Gasteiger partial charge is 0.489 e. The fourth-order valence-electron chi connectivity index (χ4n) is 2.27. The van der Waals surface area contributed by atoms with Crippen molar-refractivity contribution in [2.45, 2.75) is 26.4 Å². The molecule has 0 unspecified atom stereocenters. The number of nitrogens with zero attached hydrogens (tertiary/aromatic N) is 1. The van der Waals surface area contributed by atoms with Crippen molar-refractivity contribution < 1.29 is 9.53 Å². The van der Waals surface area contributed by atoms with Gasteiger partial charge in [-0.1, -0.05) is 36.2 Å². The van der Waals surface area contributed by atoms with Crippen molar-refractivity contribution in [2.24, 2.45) is 4.99 Å². The van der Waals surface area contributed by atoms with Crippen LogP contribution in [0.1, 0.15) is 25.8 Å². The quantitative estimate of drug-likeness (QED) is 0.597. The van der Waals surface area contributed by atoms with Crippen molar-refractivity contribution in [2.75, 3.05) is 0 Å². The van der Waals surface area contributed by atoms with Gasteiger partial charge in [0, 0.05) is 5.02 Å². The predicted octanol–water partition coefficient (Wildman–Crippen LogP) is 6.06. The molecule has 27 heavy (non-hydrogen) atoms. The predicted molar refractivity (Wildman–Crippen MR) is 114 cm³/mol. The number of carbonyl (C=O) groups excluding carboxylic acids is 1. The number of benzene rings is 2. The number of halogens is 2. The highest BCUT2D eigenvalue weighted by Gasteiger charge is 2.24. The van der Waals surface area contributed by atoms with Crippen molar-refractivity contribution in [3.05, 3.63) is 63.0 Å². The van der Waals surface area contributed by atoms with E-state index in [1.54, 1.807) is 36.4 Å². The van der Waals surface area contributed by atoms with Gasteiger partial charge < -0.3 is 10.1 Å². The van der Waals surface area contributed by atoms with Gasteiger partial charge in [-0.2, -0.15) is 0 Å². The normalized spacial score (nSPS) is 18.0. The molecule has 1 N–H and O–H groups in total. The zero-order valence-electron chi connectivity index (χ0n) is 14.8. The minimum absolute atomic E-state index is 0.0921. The molecule has 1 aliphatic heterocycles. The number of carbonyl (C=O) groups is 1. The molecule has 1 amide bonds. The van der Waals surface area contributed by atoms with Crippen LogP contribution in [-0.4, -0.2) is 17.2 Å². The molecule has 0 spiro atoms. The number of hydrogen-bond donors (Lipinski definition) is 1. The summed E-state index contributed by atoms with van der Waals surface area (Å²) in [5.74, 6) is 0.449. The number of amides is 1. The molecule has 1 fully saturated rings. The Morgan fingerprint density at radius 1 is 1.22 bits per heavy atom. The lowest BCUT2D eigenvalue weighted by molar-refractivity contribution is -0.115. The monoisotopic (exact) mass is 420 g/mol. The van der Waals surface area contributed by atoms with Crippen LogP contribution >= 0.6 is 35.0 Å². The summed E-state index contributed by atoms with van der Waals surface area (Å²) in [4.78, 5) is 17.2. The van der Waals surface area contributed by atoms with Crippen LogP contribution in [0.3, 0.4) is 0 Å². The van der Waals surface area contributed by atoms with Crippen LogP contribution in [0.4, 0.5) is 5.69 Å². The molecule has 1 atom stereocenters. The van der Waals surface area contributed by atoms with Crippen molar-refractivity contribution in [1.82, 2.24) is 5.32 Å². The van der Waals surface area contributed by atoms with Crippen LogP contribution in [-0.2, 0) is 4.79 Å². The molecular formula is C20H18Cl2N2O2S. The first kappa shape index (κ1) is 19.8. The molecule has 0 bridgehead atoms. The van der Waals surface area contributed by atoms with E-state index in [2.05, 4.69) is 17.2 Å². The molecule has 0 aliphatic carbocycles. The molecule has 140 valence electrons. The summed E-state index contributed by atoms with van der Waals surface area (Å²) in [6.07, 6.45) is 2.77. The third kappa shape index (κ3) is 5.28. The first-order valence-corrected chi connectivity index (χ1v) is 10.0. The van der Waals surface area contributed by atoms with Crippen molar-refractivity contribution in [3.8, 4) is 5.75 Å². The summed E-state index contributed by atoms with van der Waals surface area (Å²) in [5.41, 5.74) is 1.54. The minimum atomic E-state index is -0.191. The molecule has 0 aromatic heterocycles. The maximum atomic E-state index is 12.2. The number of aliphatic imine (C=N–C) groups is 1. The lowest BCUT2D eigenvalue weighted by Crippen LogP contribution is -2.19. The summed E-state index contributed by atoms with van der Waals surface area (Å²) in [6.45, 7) is 4.05. The van der Waals surface area contributed by atoms with Crippen LogP contribution in [0.5, 0.6) is 5.75 Å². The molecule has 0 radical (unpaired) electrons. The summed E-state index contributed by atoms with van der Waals surface area (Å²) in [5, 5.41) is 4.44. The summed E-state index contributed by atoms with van der Waals surface area (Å²) < 4.78 is 5.77. The number of thioether (sulfide) groups is 1. The Morgan fingerprint density at radius 3 is 2.63 bits per heavy atom. The number of ether oxygens (including phenoxy) is 1. The topological polar surface area (TPSA) is 50.7 Å². The number of hydrogen-bond acceptors (Lipinski definition) is 4. The number of rotatable bonds is 5. The van der Waals surface area contributed by atoms with E-state index >= 15 is 0 Å². The smallest absolute Gasteiger partial charge is 0.264 e. The lowest BCUT2D eigenvalue weighted by atomic mass is 10.2. The van der Waals surface area contributed by atoms with Crippen LogP contribution in [0.2, 0.25) is 10.0 Å². The van der Waals surface area contributed by atoms with Gasteiger partial charge in [-0.25, -0.2) is 4.99 Å². The van der Waals surface area contributed by atoms with Gasteiger partial charge >= 0.3 is 0 Å². The molecule has 2 aromatic carbocycles. The first-order chi connectivity index (χ1) is 12.9. The second kappa shape index (κ2) is 8.83. The van der Waals surface area contributed by atoms with Gasteiger partial charge in [-0.05, 0) is 73.1 Å². The Balaban J connectivity index is 1.76. The lowest BCUT2D eigenvalue weighted by Gasteiger charge is -2.14. The van der Waals surface area contributed by atoms with Gasteiger partial charge in [0.05, 0.1) is 21.7 Å². The Kier molecular flexibility index (Phi) is 6.47. The Bertz CT molecular complexity index is 911. The van der Waals surface area contributed by atoms with Gasteiger partial charge in [-0.3, -0.25) is 4.79 Å². The van der Waals surface area contributed by atoms with E-state index in [9.17, 15) is 4.79 Å². The van der Waals surface area contributed by atoms with E-state index in [-0.39, 0.29) is 12.0 Å². The average Bonchev–Trinajstić information content (AvgIpc) is 2.98. The zero-order valence-corrected chi connectivity index (χ0v) is 17.2. The highest BCUT2D eigenvalue weighted by molar-refractivity contribution is 8.18. The van der Waals surface area contributed by atoms with E-state index in [4.69, 9.17) is 27.9 Å². The molecule has 3 rings (SSSR count). The van der Waals surface area contributed by atoms with Crippen molar-refractivity contribution in [1.29, 1.82) is 0 Å². The second-order valence-electron chi connectivity index (χ2n) is 5.98. The average molecular weight is 421 g/mol. The summed E-state index contributed by atoms with van der Waals surface area (Å²) in [6, 6.07) is 12.6. The van der Waals surface area contributed by atoms with Crippen LogP contribution in [0.15, 0.2) is 52.4 Å². The summed E-state index contributed by atoms with van der Waals surface area (Å²) >= 11 is 13.5. The molecule has 0 saturated carbocycles. The van der Waals surface area contributed by atoms with Crippen molar-refractivity contribution in [3.63, 3.8) is 0 Å². The number of amidine groups is 1. The standard InChI is InChI=1S/C20H18Cl2N2O2S/c1-3-12(2)26-17-9-4-13(10-16(17)22)11-18-19(25)24-20(27-18)23-15-7-5-14(21)6-8-15/h4-12H,3H2,1-2H3,(H,23,24,25)/b18-11-/t12-/m0/s1. The van der Waals surface area contributed by atoms with E-state index in [1.165, 1.54) is 11.8 Å². The highest BCUT2D eigenvalue weighted by Crippen LogP contribution is 2.31. The third-order valence-electron chi connectivity index (χ3n) is 3.86. The molecule has 1 heterocycles. The maximum Gasteiger partial charge on any atom is 0.264 e. The van der Waals surface area contributed by atoms with Gasteiger partial charge in [0.15, 0.2) is 5.17 Å². The van der Waals surface area contributed by atoms with Crippen LogP contribution < -0.4 is 10.1 Å². The van der Waals surface area contributed by atoms with E-state index < -0.39 is 0 Å². The summed E-state index contributed by atoms with van der Waals surface area (Å²) in [7, 11) is 0. The second-order valence-corrected chi connectivity index (χ2v) is 7.86. The molecule has 1 aliphatic rings. The zero-order chi connectivity index (χ0) is 19.4. The Labute approximate surface area is 172 Å². The van der Waals surface area contributed by atoms with Gasteiger partial charge in [0.2, 0.25) is 0 Å². The molecule has 2 aromatic rings. The maximum absolute atomic E-state index is 12.2. The fourth-order valence-corrected chi connectivity index (χ4v) is 3.47. The van der Waals surface area contributed by atoms with Gasteiger partial charge in [0.1, 0.15) is 5.75 Å². The minimum Gasteiger partial charge on any atom is -0.489 e. The Morgan fingerprint density at radius 2 is 1.96 bits per heavy atom. The molecule has 7 heteroatoms. The van der Waals surface area contributed by atoms with E-state index in [1.807, 2.05) is 19.1 Å². The van der Waals surface area contributed by atoms with Gasteiger partial charge in [0.25, 0.3) is 5.91 Å². The fraction of sp³-hybridized carbons (Fsp3) is 0.200. The number of nitrogens with one attached hydrogen (secondary N) is 1. The van der Waals surface area contributed by atoms with Gasteiger partial charge in [-0.15, -0.1) is 0 Å². The van der Waals surface area contributed by atoms with Crippen LogP contribution in [0, 0.1) is 0 Å². The molecular weight excluding hydrogens is 403 g/mol. The molecule has 1 saturated heterocycles. The Hall–Kier alpha value is -1.95. The first-order valence-electron chi connectivity index (χ1n) is 8.46. The van der Waals surface area contributed by atoms with Crippen LogP contribution in [0.25, 0.3) is 6.08 Å². The van der Waals surface area contributed by atoms with E-state index in [0.29, 0.717) is 25.9 Å². The third-order valence-corrected chi connectivity index (χ3v) is 5.32.